The lowest BCUT2D eigenvalue weighted by atomic mass is 9.97. The van der Waals surface area contributed by atoms with Crippen molar-refractivity contribution in [1.82, 2.24) is 19.5 Å². The largest absolute Gasteiger partial charge is 0.396 e. The van der Waals surface area contributed by atoms with Gasteiger partial charge in [-0.15, -0.1) is 0 Å². The molecule has 2 unspecified atom stereocenters. The fraction of sp³-hybridized carbons (Fsp3) is 0.583. The summed E-state index contributed by atoms with van der Waals surface area (Å²) in [6, 6.07) is 0. The summed E-state index contributed by atoms with van der Waals surface area (Å²) in [5.41, 5.74) is 1.43. The van der Waals surface area contributed by atoms with Crippen molar-refractivity contribution in [2.75, 3.05) is 6.61 Å². The van der Waals surface area contributed by atoms with Crippen LogP contribution < -0.4 is 0 Å². The quantitative estimate of drug-likeness (QED) is 0.862. The lowest BCUT2D eigenvalue weighted by molar-refractivity contribution is 0.185. The zero-order valence-corrected chi connectivity index (χ0v) is 10.7. The van der Waals surface area contributed by atoms with Crippen molar-refractivity contribution in [2.45, 2.75) is 25.8 Å². The molecule has 2 atom stereocenters. The van der Waals surface area contributed by atoms with E-state index in [0.29, 0.717) is 22.5 Å². The molecule has 0 bridgehead atoms. The summed E-state index contributed by atoms with van der Waals surface area (Å²) in [6.45, 7) is 1.11. The van der Waals surface area contributed by atoms with Crippen LogP contribution in [0.2, 0.25) is 5.15 Å². The Morgan fingerprint density at radius 2 is 2.11 bits per heavy atom. The van der Waals surface area contributed by atoms with E-state index in [4.69, 9.17) is 11.6 Å². The number of hydrogen-bond donors (Lipinski definition) is 1. The van der Waals surface area contributed by atoms with E-state index in [1.165, 1.54) is 12.7 Å². The molecular formula is C12H15ClN4O. The molecule has 3 rings (SSSR count). The maximum absolute atomic E-state index is 9.35. The summed E-state index contributed by atoms with van der Waals surface area (Å²) in [5.74, 6) is 0.904. The topological polar surface area (TPSA) is 63.8 Å². The minimum Gasteiger partial charge on any atom is -0.396 e. The molecule has 1 N–H and O–H groups in total. The van der Waals surface area contributed by atoms with Gasteiger partial charge in [0.05, 0.1) is 6.33 Å². The normalized spacial score (nSPS) is 23.9. The van der Waals surface area contributed by atoms with Crippen LogP contribution in [-0.2, 0) is 6.54 Å². The summed E-state index contributed by atoms with van der Waals surface area (Å²) in [6.07, 6.45) is 6.69. The smallest absolute Gasteiger partial charge is 0.164 e. The summed E-state index contributed by atoms with van der Waals surface area (Å²) in [5, 5.41) is 9.74. The van der Waals surface area contributed by atoms with E-state index in [9.17, 15) is 5.11 Å². The van der Waals surface area contributed by atoms with Gasteiger partial charge in [-0.2, -0.15) is 0 Å². The van der Waals surface area contributed by atoms with Crippen molar-refractivity contribution < 1.29 is 5.11 Å². The minimum atomic E-state index is 0.271. The molecule has 0 radical (unpaired) electrons. The highest BCUT2D eigenvalue weighted by atomic mass is 35.5. The summed E-state index contributed by atoms with van der Waals surface area (Å²) in [7, 11) is 0. The van der Waals surface area contributed by atoms with Crippen molar-refractivity contribution in [3.8, 4) is 0 Å². The molecule has 0 aliphatic heterocycles. The van der Waals surface area contributed by atoms with Crippen molar-refractivity contribution >= 4 is 22.8 Å². The monoisotopic (exact) mass is 266 g/mol. The number of nitrogens with zero attached hydrogens (tertiary/aromatic N) is 4. The van der Waals surface area contributed by atoms with Gasteiger partial charge in [-0.1, -0.05) is 18.0 Å². The average Bonchev–Trinajstić information content (AvgIpc) is 2.98. The fourth-order valence-electron chi connectivity index (χ4n) is 2.83. The van der Waals surface area contributed by atoms with Crippen LogP contribution in [-0.4, -0.2) is 31.2 Å². The fourth-order valence-corrected chi connectivity index (χ4v) is 3.01. The van der Waals surface area contributed by atoms with E-state index in [-0.39, 0.29) is 6.61 Å². The third-order valence-electron chi connectivity index (χ3n) is 3.84. The molecule has 1 aliphatic rings. The Labute approximate surface area is 110 Å². The molecule has 18 heavy (non-hydrogen) atoms. The third-order valence-corrected chi connectivity index (χ3v) is 4.12. The third kappa shape index (κ3) is 1.97. The summed E-state index contributed by atoms with van der Waals surface area (Å²) < 4.78 is 2.02. The Hall–Kier alpha value is -1.20. The van der Waals surface area contributed by atoms with E-state index in [2.05, 4.69) is 15.0 Å². The molecule has 0 amide bonds. The van der Waals surface area contributed by atoms with Crippen LogP contribution in [0.25, 0.3) is 11.2 Å². The number of hydrogen-bond acceptors (Lipinski definition) is 4. The average molecular weight is 267 g/mol. The van der Waals surface area contributed by atoms with Crippen LogP contribution in [0, 0.1) is 11.8 Å². The number of fused-ring (bicyclic) bond motifs is 1. The van der Waals surface area contributed by atoms with Crippen LogP contribution in [0.1, 0.15) is 19.3 Å². The van der Waals surface area contributed by atoms with Crippen LogP contribution >= 0.6 is 11.6 Å². The van der Waals surface area contributed by atoms with Crippen LogP contribution in [0.4, 0.5) is 0 Å². The molecule has 5 nitrogen and oxygen atoms in total. The lowest BCUT2D eigenvalue weighted by Crippen LogP contribution is -2.17. The van der Waals surface area contributed by atoms with Crippen molar-refractivity contribution in [1.29, 1.82) is 0 Å². The molecule has 0 saturated heterocycles. The number of halogens is 1. The SMILES string of the molecule is OCC1CCCC1Cn1cnc2c(Cl)ncnc21. The van der Waals surface area contributed by atoms with Crippen molar-refractivity contribution in [3.05, 3.63) is 17.8 Å². The van der Waals surface area contributed by atoms with Gasteiger partial charge in [-0.05, 0) is 24.7 Å². The van der Waals surface area contributed by atoms with E-state index < -0.39 is 0 Å². The van der Waals surface area contributed by atoms with Gasteiger partial charge in [0.1, 0.15) is 11.8 Å². The number of aliphatic hydroxyl groups excluding tert-OH is 1. The van der Waals surface area contributed by atoms with E-state index in [1.807, 2.05) is 4.57 Å². The Morgan fingerprint density at radius 3 is 2.94 bits per heavy atom. The predicted molar refractivity (Wildman–Crippen MR) is 68.2 cm³/mol. The molecule has 1 saturated carbocycles. The molecule has 0 spiro atoms. The van der Waals surface area contributed by atoms with Crippen molar-refractivity contribution in [3.63, 3.8) is 0 Å². The predicted octanol–water partition coefficient (Wildman–Crippen LogP) is 1.89. The maximum atomic E-state index is 9.35. The minimum absolute atomic E-state index is 0.271. The van der Waals surface area contributed by atoms with Gasteiger partial charge in [0.25, 0.3) is 0 Å². The van der Waals surface area contributed by atoms with Crippen LogP contribution in [0.5, 0.6) is 0 Å². The Bertz CT molecular complexity index is 556. The Kier molecular flexibility index (Phi) is 3.18. The molecule has 2 aromatic heterocycles. The first kappa shape index (κ1) is 11.9. The standard InChI is InChI=1S/C12H15ClN4O/c13-11-10-12(15-6-14-11)17(7-16-10)4-8-2-1-3-9(8)5-18/h6-9,18H,1-5H2. The van der Waals surface area contributed by atoms with Crippen molar-refractivity contribution in [2.24, 2.45) is 11.8 Å². The number of aromatic nitrogens is 4. The molecule has 2 heterocycles. The zero-order chi connectivity index (χ0) is 12.5. The second-order valence-electron chi connectivity index (χ2n) is 4.87. The Morgan fingerprint density at radius 1 is 1.28 bits per heavy atom. The highest BCUT2D eigenvalue weighted by molar-refractivity contribution is 6.33. The van der Waals surface area contributed by atoms with Gasteiger partial charge in [-0.25, -0.2) is 15.0 Å². The first-order valence-corrected chi connectivity index (χ1v) is 6.59. The van der Waals surface area contributed by atoms with Gasteiger partial charge < -0.3 is 9.67 Å². The second-order valence-corrected chi connectivity index (χ2v) is 5.23. The van der Waals surface area contributed by atoms with Gasteiger partial charge in [0, 0.05) is 13.2 Å². The second kappa shape index (κ2) is 4.82. The number of imidazole rings is 1. The number of aliphatic hydroxyl groups is 1. The molecule has 6 heteroatoms. The van der Waals surface area contributed by atoms with Gasteiger partial charge in [0.2, 0.25) is 0 Å². The summed E-state index contributed by atoms with van der Waals surface area (Å²) in [4.78, 5) is 12.4. The molecular weight excluding hydrogens is 252 g/mol. The molecule has 1 aliphatic carbocycles. The van der Waals surface area contributed by atoms with Crippen LogP contribution in [0.3, 0.4) is 0 Å². The summed E-state index contributed by atoms with van der Waals surface area (Å²) >= 11 is 5.98. The van der Waals surface area contributed by atoms with Gasteiger partial charge in [0.15, 0.2) is 10.8 Å². The molecule has 96 valence electrons. The van der Waals surface area contributed by atoms with Gasteiger partial charge in [-0.3, -0.25) is 0 Å². The first-order chi connectivity index (χ1) is 8.79. The highest BCUT2D eigenvalue weighted by Crippen LogP contribution is 2.33. The highest BCUT2D eigenvalue weighted by Gasteiger charge is 2.27. The van der Waals surface area contributed by atoms with E-state index >= 15 is 0 Å². The van der Waals surface area contributed by atoms with E-state index in [1.54, 1.807) is 6.33 Å². The zero-order valence-electron chi connectivity index (χ0n) is 9.96. The number of rotatable bonds is 3. The first-order valence-electron chi connectivity index (χ1n) is 6.21. The molecule has 0 aromatic carbocycles. The molecule has 1 fully saturated rings. The molecule has 2 aromatic rings. The van der Waals surface area contributed by atoms with Gasteiger partial charge >= 0.3 is 0 Å². The maximum Gasteiger partial charge on any atom is 0.164 e. The lowest BCUT2D eigenvalue weighted by Gasteiger charge is -2.17. The van der Waals surface area contributed by atoms with E-state index in [0.717, 1.165) is 25.0 Å². The van der Waals surface area contributed by atoms with Crippen LogP contribution in [0.15, 0.2) is 12.7 Å². The Balaban J connectivity index is 1.89.